The van der Waals surface area contributed by atoms with E-state index in [2.05, 4.69) is 0 Å². The Bertz CT molecular complexity index is 2440. The van der Waals surface area contributed by atoms with Gasteiger partial charge in [0.15, 0.2) is 68.3 Å². The molecule has 0 aromatic rings. The number of ether oxygens (including phenoxy) is 13. The van der Waals surface area contributed by atoms with Gasteiger partial charge in [0.1, 0.15) is 154 Å². The number of hydrogen-bond acceptors (Lipinski definition) is 48. The molecule has 14 aliphatic heterocycles. The van der Waals surface area contributed by atoms with Gasteiger partial charge < -0.3 is 220 Å². The molecule has 14 heterocycles. The summed E-state index contributed by atoms with van der Waals surface area (Å²) in [6.45, 7) is -11.6. The average molecular weight is 1430 g/mol. The Labute approximate surface area is 535 Å². The summed E-state index contributed by atoms with van der Waals surface area (Å²) in [6, 6.07) is 0. The monoisotopic (exact) mass is 1430 g/mol. The van der Waals surface area contributed by atoms with Gasteiger partial charge >= 0.3 is 0 Å². The molecule has 0 amide bonds. The van der Waals surface area contributed by atoms with Crippen LogP contribution in [0, 0.1) is 0 Å². The van der Waals surface area contributed by atoms with Gasteiger partial charge in [0.25, 0.3) is 0 Å². The van der Waals surface area contributed by atoms with Gasteiger partial charge in [0, 0.05) is 13.0 Å². The summed E-state index contributed by atoms with van der Waals surface area (Å²) in [5, 5.41) is 343. The Morgan fingerprint density at radius 3 is 1.12 bits per heavy atom. The first kappa shape index (κ1) is 79.8. The maximum Gasteiger partial charge on any atom is 0.227 e. The number of rotatable bonds is 8. The minimum atomic E-state index is -3.71. The normalized spacial score (nSPS) is 54.9. The Morgan fingerprint density at radius 2 is 0.719 bits per heavy atom. The van der Waals surface area contributed by atoms with Crippen molar-refractivity contribution in [2.45, 2.75) is 244 Å². The Morgan fingerprint density at radius 1 is 0.333 bits per heavy atom. The fraction of sp³-hybridized carbons (Fsp3) is 1.00. The van der Waals surface area contributed by atoms with E-state index in [9.17, 15) is 158 Å². The molecule has 14 aliphatic rings. The largest absolute Gasteiger partial charge is 0.396 e. The summed E-state index contributed by atoms with van der Waals surface area (Å²) in [6.07, 6.45) is -88.8. The van der Waals surface area contributed by atoms with Crippen LogP contribution >= 0.6 is 0 Å². The lowest BCUT2D eigenvalue weighted by atomic mass is 9.91. The van der Waals surface area contributed by atoms with Crippen molar-refractivity contribution in [1.82, 2.24) is 0 Å². The molecule has 14 rings (SSSR count). The SMILES string of the molecule is OCC[C@@]1(O)O[C@@H]2OC(CO)[C@@](O)(O[C@@H]3OC(CO)[C@@](O)(O[C@@H]4OC(CO)[C@H](O)[C@H](O)C4OOCC4O[C@@H](O[C@]5(O)C(CO)O[C@@H](O[C@]6(O)C(CO)O[C@@H](O[C@]7(O)C(COOC(C(O)O)[C@H]1O)O[C@@H](O)C(O)[C@H]7O)C(O)[C@H]6O)C(O)[C@H]5O)C(O)[C@@H](O)[C@H]4O)[C@H](O)C3O)[C@H](O)C2O. The minimum absolute atomic E-state index is 1.19. The van der Waals surface area contributed by atoms with E-state index in [0.717, 1.165) is 0 Å². The van der Waals surface area contributed by atoms with Crippen molar-refractivity contribution in [2.75, 3.05) is 52.9 Å². The minimum Gasteiger partial charge on any atom is -0.396 e. The predicted molar refractivity (Wildman–Crippen MR) is 272 cm³/mol. The molecule has 38 atom stereocenters. The third kappa shape index (κ3) is 14.7. The van der Waals surface area contributed by atoms with Crippen molar-refractivity contribution in [1.29, 1.82) is 0 Å². The van der Waals surface area contributed by atoms with Crippen molar-refractivity contribution >= 4 is 0 Å². The van der Waals surface area contributed by atoms with Crippen molar-refractivity contribution in [3.8, 4) is 0 Å². The maximum atomic E-state index is 11.9. The van der Waals surface area contributed by atoms with Crippen LogP contribution in [0.25, 0.3) is 0 Å². The van der Waals surface area contributed by atoms with E-state index in [1.54, 1.807) is 0 Å². The van der Waals surface area contributed by atoms with Gasteiger partial charge in [-0.3, -0.25) is 0 Å². The molecule has 10 bridgehead atoms. The maximum absolute atomic E-state index is 11.9. The molecule has 0 spiro atoms. The first-order valence-corrected chi connectivity index (χ1v) is 29.0. The Kier molecular flexibility index (Phi) is 25.9. The second-order valence-corrected chi connectivity index (χ2v) is 23.5. The summed E-state index contributed by atoms with van der Waals surface area (Å²) in [7, 11) is 0. The van der Waals surface area contributed by atoms with Gasteiger partial charge in [-0.2, -0.15) is 0 Å². The van der Waals surface area contributed by atoms with Crippen molar-refractivity contribution in [3.63, 3.8) is 0 Å². The van der Waals surface area contributed by atoms with E-state index in [-0.39, 0.29) is 0 Å². The van der Waals surface area contributed by atoms with Crippen molar-refractivity contribution in [3.05, 3.63) is 0 Å². The summed E-state index contributed by atoms with van der Waals surface area (Å²) >= 11 is 0. The summed E-state index contributed by atoms with van der Waals surface area (Å²) in [4.78, 5) is 20.0. The first-order chi connectivity index (χ1) is 44.9. The van der Waals surface area contributed by atoms with Crippen LogP contribution in [-0.4, -0.2) is 449 Å². The molecule has 14 fully saturated rings. The summed E-state index contributed by atoms with van der Waals surface area (Å²) < 4.78 is 69.6. The second-order valence-electron chi connectivity index (χ2n) is 23.5. The van der Waals surface area contributed by atoms with E-state index in [4.69, 9.17) is 81.1 Å². The van der Waals surface area contributed by atoms with Crippen LogP contribution in [0.5, 0.6) is 0 Å². The average Bonchev–Trinajstić information content (AvgIpc) is 0.752. The molecule has 96 heavy (non-hydrogen) atoms. The zero-order valence-corrected chi connectivity index (χ0v) is 49.2. The van der Waals surface area contributed by atoms with E-state index in [1.807, 2.05) is 0 Å². The quantitative estimate of drug-likeness (QED) is 0.0793. The molecule has 15 unspecified atom stereocenters. The van der Waals surface area contributed by atoms with Crippen LogP contribution < -0.4 is 0 Å². The third-order valence-corrected chi connectivity index (χ3v) is 17.3. The molecule has 14 saturated heterocycles. The second kappa shape index (κ2) is 31.2. The summed E-state index contributed by atoms with van der Waals surface area (Å²) in [5.74, 6) is -21.9. The number of aliphatic hydroxyl groups excluding tert-OH is 24. The van der Waals surface area contributed by atoms with Gasteiger partial charge in [0.05, 0.1) is 33.0 Å². The standard InChI is InChI=1S/C48H82O48/c49-2-1-43(74)34(70)28(35(71)72)96-81-9-16-48(79,29(65)22(60)36(73)84-16)93-41-25(63)32(68)46(77,14(6-53)87-41)92-39-24(62)31(67)44(75,13(5-52)86-39)90-37-21(59)19(57)18(56)11(83-37)8-80-95-27-20(58)17(55)10(3-50)82-42(27)94-47(78)15(7-54)88-40(26(64)33(47)69)91-45(76)12(4-51)85-38(89-43)23(61)30(45)66/h10-42,49-79H,1-9H2/t10?,11?,12?,13?,14?,15?,16?,17-,18-,19-,20-,21?,22?,23?,24?,25?,26?,27?,28?,29+,30+,31+,32+,33+,34+,36+,37-,38-,39-,40-,41-,42-,43+,44+,45+,46+,47+,48+/m0/s1. The molecular weight excluding hydrogens is 1340 g/mol. The fourth-order valence-electron chi connectivity index (χ4n) is 11.5. The van der Waals surface area contributed by atoms with Crippen LogP contribution in [0.3, 0.4) is 0 Å². The molecule has 48 nitrogen and oxygen atoms in total. The number of hydrogen-bond donors (Lipinski definition) is 31. The molecule has 0 aromatic heterocycles. The van der Waals surface area contributed by atoms with Gasteiger partial charge in [-0.05, 0) is 0 Å². The highest BCUT2D eigenvalue weighted by atomic mass is 17.2. The molecule has 0 aromatic carbocycles. The highest BCUT2D eigenvalue weighted by Gasteiger charge is 2.68. The van der Waals surface area contributed by atoms with Gasteiger partial charge in [0.2, 0.25) is 28.9 Å². The van der Waals surface area contributed by atoms with E-state index in [1.165, 1.54) is 0 Å². The highest BCUT2D eigenvalue weighted by Crippen LogP contribution is 2.45. The lowest BCUT2D eigenvalue weighted by Gasteiger charge is -2.54. The van der Waals surface area contributed by atoms with Crippen molar-refractivity contribution in [2.24, 2.45) is 0 Å². The molecule has 0 radical (unpaired) electrons. The van der Waals surface area contributed by atoms with Gasteiger partial charge in [-0.15, -0.1) is 0 Å². The van der Waals surface area contributed by atoms with Crippen LogP contribution in [0.1, 0.15) is 6.42 Å². The zero-order valence-electron chi connectivity index (χ0n) is 49.2. The van der Waals surface area contributed by atoms with Gasteiger partial charge in [-0.1, -0.05) is 0 Å². The van der Waals surface area contributed by atoms with E-state index < -0.39 is 297 Å². The molecule has 48 heteroatoms. The molecule has 31 N–H and O–H groups in total. The molecule has 562 valence electrons. The first-order valence-electron chi connectivity index (χ1n) is 29.0. The van der Waals surface area contributed by atoms with E-state index >= 15 is 0 Å². The van der Waals surface area contributed by atoms with Crippen LogP contribution in [0.15, 0.2) is 0 Å². The highest BCUT2D eigenvalue weighted by molar-refractivity contribution is 5.06. The van der Waals surface area contributed by atoms with Crippen LogP contribution in [-0.2, 0) is 81.1 Å². The number of aliphatic hydroxyl groups is 31. The fourth-order valence-corrected chi connectivity index (χ4v) is 11.5. The van der Waals surface area contributed by atoms with E-state index in [0.29, 0.717) is 0 Å². The topological polar surface area (TPSA) is 784 Å². The lowest BCUT2D eigenvalue weighted by molar-refractivity contribution is -0.493. The van der Waals surface area contributed by atoms with Gasteiger partial charge in [-0.25, -0.2) is 19.6 Å². The Balaban J connectivity index is 1.13. The smallest absolute Gasteiger partial charge is 0.227 e. The van der Waals surface area contributed by atoms with Crippen LogP contribution in [0.4, 0.5) is 0 Å². The summed E-state index contributed by atoms with van der Waals surface area (Å²) in [5.41, 5.74) is 0. The third-order valence-electron chi connectivity index (χ3n) is 17.3. The molecular formula is C48H82O48. The van der Waals surface area contributed by atoms with Crippen molar-refractivity contribution < 1.29 is 239 Å². The zero-order chi connectivity index (χ0) is 71.4. The molecule has 0 aliphatic carbocycles. The molecule has 0 saturated carbocycles. The Hall–Kier alpha value is -1.92. The predicted octanol–water partition coefficient (Wildman–Crippen LogP) is -21.6. The van der Waals surface area contributed by atoms with Crippen LogP contribution in [0.2, 0.25) is 0 Å². The lowest BCUT2D eigenvalue weighted by Crippen LogP contribution is -2.75.